The van der Waals surface area contributed by atoms with Crippen molar-refractivity contribution in [3.8, 4) is 5.69 Å². The van der Waals surface area contributed by atoms with Gasteiger partial charge in [-0.15, -0.1) is 0 Å². The second kappa shape index (κ2) is 7.85. The van der Waals surface area contributed by atoms with E-state index in [0.29, 0.717) is 0 Å². The van der Waals surface area contributed by atoms with Gasteiger partial charge in [0.1, 0.15) is 7.05 Å². The first-order chi connectivity index (χ1) is 16.7. The number of para-hydroxylation sites is 2. The fraction of sp³-hybridized carbons (Fsp3) is 0.0667. The highest BCUT2D eigenvalue weighted by atomic mass is 15.0. The molecule has 0 fully saturated rings. The van der Waals surface area contributed by atoms with E-state index in [9.17, 15) is 0 Å². The molecule has 0 N–H and O–H groups in total. The summed E-state index contributed by atoms with van der Waals surface area (Å²) in [5.41, 5.74) is 6.86. The second-order valence-electron chi connectivity index (χ2n) is 8.52. The molecule has 0 amide bonds. The van der Waals surface area contributed by atoms with E-state index in [-0.39, 0.29) is 0 Å². The number of hydrogen-bond acceptors (Lipinski definition) is 1. The molecule has 4 nitrogen and oxygen atoms in total. The Kier molecular flexibility index (Phi) is 4.66. The lowest BCUT2D eigenvalue weighted by Crippen LogP contribution is -2.26. The lowest BCUT2D eigenvalue weighted by molar-refractivity contribution is -0.671. The van der Waals surface area contributed by atoms with Gasteiger partial charge < -0.3 is 9.13 Å². The van der Waals surface area contributed by atoms with Gasteiger partial charge in [0.15, 0.2) is 12.4 Å². The molecule has 6 rings (SSSR count). The van der Waals surface area contributed by atoms with Gasteiger partial charge in [-0.1, -0.05) is 43.0 Å². The van der Waals surface area contributed by atoms with Gasteiger partial charge >= 0.3 is 0 Å². The highest BCUT2D eigenvalue weighted by Gasteiger charge is 2.18. The lowest BCUT2D eigenvalue weighted by Gasteiger charge is -2.09. The van der Waals surface area contributed by atoms with Crippen LogP contribution in [0.25, 0.3) is 55.0 Å². The number of fused-ring (bicyclic) bond motifs is 6. The van der Waals surface area contributed by atoms with Crippen molar-refractivity contribution in [2.45, 2.75) is 0 Å². The van der Waals surface area contributed by atoms with Crippen molar-refractivity contribution in [3.05, 3.63) is 104 Å². The zero-order valence-corrected chi connectivity index (χ0v) is 19.3. The summed E-state index contributed by atoms with van der Waals surface area (Å²) in [4.78, 5) is 4.16. The summed E-state index contributed by atoms with van der Waals surface area (Å²) in [6.07, 6.45) is 9.91. The van der Waals surface area contributed by atoms with E-state index in [1.165, 1.54) is 32.6 Å². The summed E-state index contributed by atoms with van der Waals surface area (Å²) in [7, 11) is 3.83. The third-order valence-electron chi connectivity index (χ3n) is 6.55. The first-order valence-electron chi connectivity index (χ1n) is 11.4. The summed E-state index contributed by atoms with van der Waals surface area (Å²) in [5.74, 6) is 0. The molecule has 3 aromatic carbocycles. The van der Waals surface area contributed by atoms with E-state index in [1.54, 1.807) is 7.05 Å². The van der Waals surface area contributed by atoms with Crippen molar-refractivity contribution in [3.63, 3.8) is 0 Å². The second-order valence-corrected chi connectivity index (χ2v) is 8.52. The molecular formula is C30H25N4+. The molecule has 0 unspecified atom stereocenters. The van der Waals surface area contributed by atoms with Crippen LogP contribution in [0.5, 0.6) is 0 Å². The van der Waals surface area contributed by atoms with Gasteiger partial charge in [-0.2, -0.15) is 0 Å². The average molecular weight is 442 g/mol. The number of aryl methyl sites for hydroxylation is 1. The molecule has 3 aromatic heterocycles. The normalized spacial score (nSPS) is 12.6. The van der Waals surface area contributed by atoms with Gasteiger partial charge in [-0.3, -0.25) is 4.99 Å². The van der Waals surface area contributed by atoms with Crippen LogP contribution in [0.1, 0.15) is 0 Å². The van der Waals surface area contributed by atoms with Crippen molar-refractivity contribution in [2.75, 3.05) is 7.05 Å². The van der Waals surface area contributed by atoms with Crippen LogP contribution in [0.4, 0.5) is 0 Å². The molecule has 0 aliphatic carbocycles. The number of nitrogens with zero attached hydrogens (tertiary/aromatic N) is 4. The van der Waals surface area contributed by atoms with E-state index in [0.717, 1.165) is 22.4 Å². The van der Waals surface area contributed by atoms with Crippen molar-refractivity contribution in [2.24, 2.45) is 12.0 Å². The van der Waals surface area contributed by atoms with E-state index < -0.39 is 0 Å². The Morgan fingerprint density at radius 3 is 2.12 bits per heavy atom. The van der Waals surface area contributed by atoms with Crippen LogP contribution in [0.3, 0.4) is 0 Å². The Morgan fingerprint density at radius 2 is 1.41 bits per heavy atom. The zero-order chi connectivity index (χ0) is 23.2. The fourth-order valence-electron chi connectivity index (χ4n) is 5.01. The maximum atomic E-state index is 4.16. The standard InChI is InChI=1S/C30H25N4/c1-4-21(13-16-31-2)33-27-11-7-5-9-23(27)25-20-30-26(19-29(25)33)24-10-6-8-12-28(24)34(30)22-14-17-32(3)18-15-22/h4-20H,1H2,2-3H3/q+1/b21-13+,31-16+. The van der Waals surface area contributed by atoms with Gasteiger partial charge in [0.25, 0.3) is 0 Å². The molecule has 3 heterocycles. The van der Waals surface area contributed by atoms with Crippen LogP contribution in [0.15, 0.2) is 109 Å². The SMILES string of the molecule is C=C/C(=C\C=N\C)n1c2ccccc2c2cc3c(cc21)c1ccccc1n3-c1cc[n+](C)cc1. The van der Waals surface area contributed by atoms with E-state index >= 15 is 0 Å². The number of hydrogen-bond donors (Lipinski definition) is 0. The third kappa shape index (κ3) is 2.92. The predicted octanol–water partition coefficient (Wildman–Crippen LogP) is 6.44. The Morgan fingerprint density at radius 1 is 0.794 bits per heavy atom. The Balaban J connectivity index is 1.80. The summed E-state index contributed by atoms with van der Waals surface area (Å²) >= 11 is 0. The largest absolute Gasteiger partial charge is 0.309 e. The van der Waals surface area contributed by atoms with E-state index in [2.05, 4.69) is 110 Å². The van der Waals surface area contributed by atoms with Gasteiger partial charge in [0.05, 0.1) is 27.8 Å². The number of aromatic nitrogens is 3. The molecule has 0 aliphatic rings. The number of benzene rings is 3. The lowest BCUT2D eigenvalue weighted by atomic mass is 10.1. The summed E-state index contributed by atoms with van der Waals surface area (Å²) in [6, 6.07) is 26.2. The Hall–Kier alpha value is -4.44. The van der Waals surface area contributed by atoms with Crippen LogP contribution in [-0.4, -0.2) is 22.4 Å². The first kappa shape index (κ1) is 20.2. The van der Waals surface area contributed by atoms with Crippen molar-refractivity contribution in [1.82, 2.24) is 9.13 Å². The van der Waals surface area contributed by atoms with Gasteiger partial charge in [0.2, 0.25) is 0 Å². The molecule has 0 bridgehead atoms. The zero-order valence-electron chi connectivity index (χ0n) is 19.3. The van der Waals surface area contributed by atoms with Crippen LogP contribution in [-0.2, 0) is 7.05 Å². The van der Waals surface area contributed by atoms with Crippen LogP contribution >= 0.6 is 0 Å². The molecule has 4 heteroatoms. The summed E-state index contributed by atoms with van der Waals surface area (Å²) < 4.78 is 6.71. The van der Waals surface area contributed by atoms with Gasteiger partial charge in [-0.05, 0) is 36.4 Å². The highest BCUT2D eigenvalue weighted by Crippen LogP contribution is 2.39. The number of allylic oxidation sites excluding steroid dienone is 3. The van der Waals surface area contributed by atoms with Crippen LogP contribution in [0.2, 0.25) is 0 Å². The first-order valence-corrected chi connectivity index (χ1v) is 11.4. The fourth-order valence-corrected chi connectivity index (χ4v) is 5.01. The molecule has 0 radical (unpaired) electrons. The number of rotatable bonds is 4. The molecule has 0 saturated carbocycles. The molecule has 6 aromatic rings. The van der Waals surface area contributed by atoms with Gasteiger partial charge in [-0.25, -0.2) is 4.57 Å². The highest BCUT2D eigenvalue weighted by molar-refractivity contribution is 6.19. The van der Waals surface area contributed by atoms with Crippen LogP contribution < -0.4 is 4.57 Å². The van der Waals surface area contributed by atoms with Crippen molar-refractivity contribution >= 4 is 55.5 Å². The molecule has 0 aliphatic heterocycles. The number of aliphatic imine (C=N–C) groups is 1. The molecule has 0 atom stereocenters. The van der Waals surface area contributed by atoms with Crippen molar-refractivity contribution in [1.29, 1.82) is 0 Å². The number of pyridine rings is 1. The topological polar surface area (TPSA) is 26.1 Å². The van der Waals surface area contributed by atoms with E-state index in [1.807, 2.05) is 25.4 Å². The summed E-state index contributed by atoms with van der Waals surface area (Å²) in [5, 5.41) is 4.91. The smallest absolute Gasteiger partial charge is 0.170 e. The summed E-state index contributed by atoms with van der Waals surface area (Å²) in [6.45, 7) is 4.09. The van der Waals surface area contributed by atoms with Crippen molar-refractivity contribution < 1.29 is 4.57 Å². The molecule has 34 heavy (non-hydrogen) atoms. The minimum Gasteiger partial charge on any atom is -0.309 e. The Bertz CT molecular complexity index is 1780. The average Bonchev–Trinajstić information content (AvgIpc) is 3.37. The molecule has 0 spiro atoms. The minimum atomic E-state index is 0.996. The Labute approximate surface area is 198 Å². The molecule has 0 saturated heterocycles. The maximum Gasteiger partial charge on any atom is 0.170 e. The maximum absolute atomic E-state index is 4.16. The molecule has 164 valence electrons. The minimum absolute atomic E-state index is 0.996. The van der Waals surface area contributed by atoms with E-state index in [4.69, 9.17) is 0 Å². The van der Waals surface area contributed by atoms with Crippen LogP contribution in [0, 0.1) is 0 Å². The monoisotopic (exact) mass is 441 g/mol. The molecular weight excluding hydrogens is 416 g/mol. The quantitative estimate of drug-likeness (QED) is 0.171. The van der Waals surface area contributed by atoms with Gasteiger partial charge in [0, 0.05) is 52.6 Å². The third-order valence-corrected chi connectivity index (χ3v) is 6.55. The predicted molar refractivity (Wildman–Crippen MR) is 144 cm³/mol.